The van der Waals surface area contributed by atoms with Crippen molar-refractivity contribution < 1.29 is 14.3 Å². The number of amides is 1. The second-order valence-electron chi connectivity index (χ2n) is 6.73. The van der Waals surface area contributed by atoms with Gasteiger partial charge in [-0.15, -0.1) is 0 Å². The van der Waals surface area contributed by atoms with E-state index in [4.69, 9.17) is 4.74 Å². The zero-order valence-electron chi connectivity index (χ0n) is 14.0. The molecule has 2 aromatic carbocycles. The number of rotatable bonds is 3. The lowest BCUT2D eigenvalue weighted by molar-refractivity contribution is -0.141. The molecule has 1 unspecified atom stereocenters. The standard InChI is InChI=1S/C21H21NO3/c23-20(22-19-11-12-25-21(19)24)13-18-16-7-3-1-5-14(16)9-10-15-6-2-4-8-17(15)18/h1-8,18-19H,9-13H2,(H,22,23). The minimum Gasteiger partial charge on any atom is -0.464 e. The molecule has 0 bridgehead atoms. The summed E-state index contributed by atoms with van der Waals surface area (Å²) in [6, 6.07) is 16.2. The summed E-state index contributed by atoms with van der Waals surface area (Å²) in [5.74, 6) is -0.400. The Morgan fingerprint density at radius 2 is 1.60 bits per heavy atom. The molecule has 0 spiro atoms. The molecular weight excluding hydrogens is 314 g/mol. The SMILES string of the molecule is O=C(CC1c2ccccc2CCc2ccccc21)NC1CCOC1=O. The molecule has 25 heavy (non-hydrogen) atoms. The first-order valence-electron chi connectivity index (χ1n) is 8.84. The Morgan fingerprint density at radius 1 is 1.00 bits per heavy atom. The largest absolute Gasteiger partial charge is 0.464 e. The van der Waals surface area contributed by atoms with Gasteiger partial charge in [0.05, 0.1) is 6.61 Å². The van der Waals surface area contributed by atoms with Crippen molar-refractivity contribution in [2.24, 2.45) is 0 Å². The maximum atomic E-state index is 12.6. The molecule has 1 fully saturated rings. The Morgan fingerprint density at radius 3 is 2.16 bits per heavy atom. The Hall–Kier alpha value is -2.62. The lowest BCUT2D eigenvalue weighted by Gasteiger charge is -2.20. The number of esters is 1. The molecule has 1 atom stereocenters. The third kappa shape index (κ3) is 3.16. The van der Waals surface area contributed by atoms with Crippen LogP contribution >= 0.6 is 0 Å². The van der Waals surface area contributed by atoms with Gasteiger partial charge in [-0.1, -0.05) is 48.5 Å². The fraction of sp³-hybridized carbons (Fsp3) is 0.333. The Balaban J connectivity index is 1.63. The molecule has 4 rings (SSSR count). The Labute approximate surface area is 147 Å². The van der Waals surface area contributed by atoms with E-state index in [1.807, 2.05) is 12.1 Å². The summed E-state index contributed by atoms with van der Waals surface area (Å²) >= 11 is 0. The third-order valence-electron chi connectivity index (χ3n) is 5.18. The normalized spacial score (nSPS) is 19.5. The number of carbonyl (C=O) groups is 2. The van der Waals surface area contributed by atoms with E-state index in [1.165, 1.54) is 22.3 Å². The molecule has 2 aromatic rings. The molecule has 4 nitrogen and oxygen atoms in total. The first kappa shape index (κ1) is 15.9. The quantitative estimate of drug-likeness (QED) is 0.878. The first-order valence-corrected chi connectivity index (χ1v) is 8.84. The first-order chi connectivity index (χ1) is 12.2. The van der Waals surface area contributed by atoms with Gasteiger partial charge in [0.2, 0.25) is 5.91 Å². The summed E-state index contributed by atoms with van der Waals surface area (Å²) in [5, 5.41) is 2.84. The minimum absolute atomic E-state index is 0.0207. The second-order valence-corrected chi connectivity index (χ2v) is 6.73. The van der Waals surface area contributed by atoms with E-state index in [0.29, 0.717) is 19.4 Å². The smallest absolute Gasteiger partial charge is 0.328 e. The fourth-order valence-corrected chi connectivity index (χ4v) is 3.93. The molecule has 1 heterocycles. The molecule has 0 radical (unpaired) electrons. The predicted molar refractivity (Wildman–Crippen MR) is 94.3 cm³/mol. The van der Waals surface area contributed by atoms with Crippen molar-refractivity contribution in [1.29, 1.82) is 0 Å². The molecule has 4 heteroatoms. The second kappa shape index (κ2) is 6.71. The van der Waals surface area contributed by atoms with Gasteiger partial charge in [0, 0.05) is 18.8 Å². The van der Waals surface area contributed by atoms with Crippen molar-refractivity contribution in [3.05, 3.63) is 70.8 Å². The minimum atomic E-state index is -0.497. The number of hydrogen-bond acceptors (Lipinski definition) is 3. The number of ether oxygens (including phenoxy) is 1. The maximum Gasteiger partial charge on any atom is 0.328 e. The van der Waals surface area contributed by atoms with E-state index in [2.05, 4.69) is 41.7 Å². The molecule has 0 aromatic heterocycles. The zero-order valence-corrected chi connectivity index (χ0v) is 14.0. The number of nitrogens with one attached hydrogen (secondary N) is 1. The summed E-state index contributed by atoms with van der Waals surface area (Å²) < 4.78 is 4.94. The molecule has 128 valence electrons. The van der Waals surface area contributed by atoms with Crippen LogP contribution in [0.25, 0.3) is 0 Å². The summed E-state index contributed by atoms with van der Waals surface area (Å²) in [7, 11) is 0. The lowest BCUT2D eigenvalue weighted by atomic mass is 9.85. The molecule has 1 saturated heterocycles. The molecule has 0 saturated carbocycles. The van der Waals surface area contributed by atoms with Crippen LogP contribution in [0.1, 0.15) is 41.0 Å². The number of hydrogen-bond donors (Lipinski definition) is 1. The van der Waals surface area contributed by atoms with E-state index in [9.17, 15) is 9.59 Å². The highest BCUT2D eigenvalue weighted by molar-refractivity contribution is 5.86. The topological polar surface area (TPSA) is 55.4 Å². The van der Waals surface area contributed by atoms with Crippen molar-refractivity contribution >= 4 is 11.9 Å². The van der Waals surface area contributed by atoms with Gasteiger partial charge in [-0.05, 0) is 35.1 Å². The highest BCUT2D eigenvalue weighted by Crippen LogP contribution is 2.36. The van der Waals surface area contributed by atoms with Crippen LogP contribution in [-0.4, -0.2) is 24.5 Å². The van der Waals surface area contributed by atoms with E-state index in [-0.39, 0.29) is 17.8 Å². The van der Waals surface area contributed by atoms with Crippen LogP contribution in [0.2, 0.25) is 0 Å². The van der Waals surface area contributed by atoms with Crippen LogP contribution in [0.5, 0.6) is 0 Å². The molecule has 1 aliphatic heterocycles. The van der Waals surface area contributed by atoms with Gasteiger partial charge >= 0.3 is 5.97 Å². The summed E-state index contributed by atoms with van der Waals surface area (Å²) in [6.45, 7) is 0.388. The molecule has 1 aliphatic carbocycles. The Kier molecular flexibility index (Phi) is 4.26. The zero-order chi connectivity index (χ0) is 17.2. The van der Waals surface area contributed by atoms with Crippen molar-refractivity contribution in [2.45, 2.75) is 37.6 Å². The predicted octanol–water partition coefficient (Wildman–Crippen LogP) is 2.74. The van der Waals surface area contributed by atoms with Crippen molar-refractivity contribution in [3.63, 3.8) is 0 Å². The van der Waals surface area contributed by atoms with Crippen LogP contribution in [0.15, 0.2) is 48.5 Å². The average Bonchev–Trinajstić information content (AvgIpc) is 2.96. The van der Waals surface area contributed by atoms with Crippen molar-refractivity contribution in [3.8, 4) is 0 Å². The Bertz CT molecular complexity index is 767. The van der Waals surface area contributed by atoms with Crippen LogP contribution in [0.4, 0.5) is 0 Å². The van der Waals surface area contributed by atoms with E-state index >= 15 is 0 Å². The van der Waals surface area contributed by atoms with Crippen LogP contribution in [-0.2, 0) is 27.2 Å². The number of carbonyl (C=O) groups excluding carboxylic acids is 2. The lowest BCUT2D eigenvalue weighted by Crippen LogP contribution is -2.38. The number of fused-ring (bicyclic) bond motifs is 2. The third-order valence-corrected chi connectivity index (χ3v) is 5.18. The van der Waals surface area contributed by atoms with Gasteiger partial charge in [-0.25, -0.2) is 4.79 Å². The van der Waals surface area contributed by atoms with Crippen LogP contribution in [0.3, 0.4) is 0 Å². The van der Waals surface area contributed by atoms with Crippen molar-refractivity contribution in [2.75, 3.05) is 6.61 Å². The number of cyclic esters (lactones) is 1. The molecule has 1 N–H and O–H groups in total. The van der Waals surface area contributed by atoms with Gasteiger partial charge in [-0.2, -0.15) is 0 Å². The maximum absolute atomic E-state index is 12.6. The molecule has 2 aliphatic rings. The van der Waals surface area contributed by atoms with Gasteiger partial charge in [0.25, 0.3) is 0 Å². The van der Waals surface area contributed by atoms with Crippen LogP contribution < -0.4 is 5.32 Å². The van der Waals surface area contributed by atoms with Crippen molar-refractivity contribution in [1.82, 2.24) is 5.32 Å². The van der Waals surface area contributed by atoms with E-state index in [1.54, 1.807) is 0 Å². The number of aryl methyl sites for hydroxylation is 2. The van der Waals surface area contributed by atoms with Gasteiger partial charge in [0.15, 0.2) is 0 Å². The summed E-state index contributed by atoms with van der Waals surface area (Å²) in [5.41, 5.74) is 5.04. The van der Waals surface area contributed by atoms with Gasteiger partial charge in [-0.3, -0.25) is 4.79 Å². The average molecular weight is 335 g/mol. The molecular formula is C21H21NO3. The highest BCUT2D eigenvalue weighted by Gasteiger charge is 2.30. The van der Waals surface area contributed by atoms with Crippen LogP contribution in [0, 0.1) is 0 Å². The van der Waals surface area contributed by atoms with E-state index < -0.39 is 6.04 Å². The summed E-state index contributed by atoms with van der Waals surface area (Å²) in [6.07, 6.45) is 2.88. The van der Waals surface area contributed by atoms with E-state index in [0.717, 1.165) is 12.8 Å². The highest BCUT2D eigenvalue weighted by atomic mass is 16.5. The number of benzene rings is 2. The fourth-order valence-electron chi connectivity index (χ4n) is 3.93. The summed E-state index contributed by atoms with van der Waals surface area (Å²) in [4.78, 5) is 24.2. The molecule has 1 amide bonds. The van der Waals surface area contributed by atoms with Gasteiger partial charge in [0.1, 0.15) is 6.04 Å². The van der Waals surface area contributed by atoms with Gasteiger partial charge < -0.3 is 10.1 Å². The monoisotopic (exact) mass is 335 g/mol.